The molecule has 108 valence electrons. The average Bonchev–Trinajstić information content (AvgIpc) is 2.42. The number of rotatable bonds is 3. The lowest BCUT2D eigenvalue weighted by atomic mass is 9.91. The number of anilines is 1. The van der Waals surface area contributed by atoms with Gasteiger partial charge in [0.25, 0.3) is 0 Å². The summed E-state index contributed by atoms with van der Waals surface area (Å²) < 4.78 is 0. The summed E-state index contributed by atoms with van der Waals surface area (Å²) in [5.74, 6) is 1.07. The normalized spacial score (nSPS) is 18.2. The number of nitrogens with one attached hydrogen (secondary N) is 2. The van der Waals surface area contributed by atoms with Crippen molar-refractivity contribution in [3.05, 3.63) is 29.8 Å². The van der Waals surface area contributed by atoms with Crippen LogP contribution >= 0.6 is 0 Å². The lowest BCUT2D eigenvalue weighted by Crippen LogP contribution is -2.36. The number of amides is 1. The van der Waals surface area contributed by atoms with Gasteiger partial charge >= 0.3 is 0 Å². The van der Waals surface area contributed by atoms with Crippen LogP contribution in [0.3, 0.4) is 0 Å². The van der Waals surface area contributed by atoms with E-state index in [1.165, 1.54) is 5.56 Å². The molecular weight excluding hydrogens is 252 g/mol. The number of carbonyl (C=O) groups excluding carboxylic acids is 1. The Morgan fingerprint density at radius 2 is 2.20 bits per heavy atom. The summed E-state index contributed by atoms with van der Waals surface area (Å²) >= 11 is 0. The zero-order valence-electron chi connectivity index (χ0n) is 12.3. The van der Waals surface area contributed by atoms with Crippen molar-refractivity contribution in [2.24, 2.45) is 4.99 Å². The van der Waals surface area contributed by atoms with Crippen LogP contribution in [0.5, 0.6) is 0 Å². The molecule has 0 fully saturated rings. The summed E-state index contributed by atoms with van der Waals surface area (Å²) in [6.07, 6.45) is 0.493. The molecule has 0 saturated carbocycles. The van der Waals surface area contributed by atoms with Crippen LogP contribution in [0.25, 0.3) is 0 Å². The van der Waals surface area contributed by atoms with Crippen molar-refractivity contribution in [2.75, 3.05) is 32.5 Å². The highest BCUT2D eigenvalue weighted by atomic mass is 16.1. The zero-order valence-corrected chi connectivity index (χ0v) is 12.3. The fourth-order valence-electron chi connectivity index (χ4n) is 2.37. The molecule has 0 radical (unpaired) electrons. The van der Waals surface area contributed by atoms with Gasteiger partial charge in [-0.3, -0.25) is 9.79 Å². The van der Waals surface area contributed by atoms with Gasteiger partial charge in [0.1, 0.15) is 0 Å². The predicted molar refractivity (Wildman–Crippen MR) is 82.1 cm³/mol. The van der Waals surface area contributed by atoms with E-state index in [0.29, 0.717) is 13.0 Å². The van der Waals surface area contributed by atoms with E-state index in [9.17, 15) is 4.79 Å². The lowest BCUT2D eigenvalue weighted by molar-refractivity contribution is -0.116. The number of benzene rings is 1. The van der Waals surface area contributed by atoms with Gasteiger partial charge in [0.05, 0.1) is 6.54 Å². The highest BCUT2D eigenvalue weighted by Gasteiger charge is 2.24. The van der Waals surface area contributed by atoms with Crippen LogP contribution in [0.4, 0.5) is 5.69 Å². The van der Waals surface area contributed by atoms with E-state index in [2.05, 4.69) is 21.7 Å². The molecule has 1 atom stereocenters. The van der Waals surface area contributed by atoms with Gasteiger partial charge in [-0.2, -0.15) is 0 Å². The monoisotopic (exact) mass is 274 g/mol. The van der Waals surface area contributed by atoms with E-state index in [1.807, 2.05) is 44.1 Å². The van der Waals surface area contributed by atoms with E-state index in [0.717, 1.165) is 18.2 Å². The first-order valence-corrected chi connectivity index (χ1v) is 6.96. The van der Waals surface area contributed by atoms with Gasteiger partial charge in [0, 0.05) is 38.7 Å². The van der Waals surface area contributed by atoms with Gasteiger partial charge in [-0.05, 0) is 18.6 Å². The molecule has 1 amide bonds. The smallest absolute Gasteiger partial charge is 0.225 e. The van der Waals surface area contributed by atoms with Crippen molar-refractivity contribution in [3.63, 3.8) is 0 Å². The summed E-state index contributed by atoms with van der Waals surface area (Å²) in [7, 11) is 3.92. The maximum atomic E-state index is 11.8. The number of hydrogen-bond acceptors (Lipinski definition) is 2. The second-order valence-corrected chi connectivity index (χ2v) is 5.13. The molecule has 0 spiro atoms. The van der Waals surface area contributed by atoms with Gasteiger partial charge in [-0.15, -0.1) is 0 Å². The molecule has 0 aliphatic carbocycles. The van der Waals surface area contributed by atoms with Crippen LogP contribution in [-0.2, 0) is 4.79 Å². The quantitative estimate of drug-likeness (QED) is 0.651. The van der Waals surface area contributed by atoms with Crippen LogP contribution in [0.15, 0.2) is 29.3 Å². The Labute approximate surface area is 120 Å². The third-order valence-corrected chi connectivity index (χ3v) is 3.33. The standard InChI is InChI=1S/C15H22N4O/c1-4-16-15(19(2)3)17-10-11-9-14(20)18-13-8-6-5-7-12(11)13/h5-8,11H,4,9-10H2,1-3H3,(H,16,17)(H,18,20)/t11-/m1/s1. The third-order valence-electron chi connectivity index (χ3n) is 3.33. The summed E-state index contributed by atoms with van der Waals surface area (Å²) in [5, 5.41) is 6.14. The number of guanidine groups is 1. The van der Waals surface area contributed by atoms with Gasteiger partial charge in [-0.1, -0.05) is 18.2 Å². The van der Waals surface area contributed by atoms with Crippen molar-refractivity contribution >= 4 is 17.6 Å². The molecular formula is C15H22N4O. The van der Waals surface area contributed by atoms with Crippen molar-refractivity contribution in [2.45, 2.75) is 19.3 Å². The first-order valence-electron chi connectivity index (χ1n) is 6.96. The molecule has 1 aliphatic rings. The van der Waals surface area contributed by atoms with Crippen molar-refractivity contribution in [1.29, 1.82) is 0 Å². The Hall–Kier alpha value is -2.04. The molecule has 1 heterocycles. The maximum absolute atomic E-state index is 11.8. The summed E-state index contributed by atoms with van der Waals surface area (Å²) in [6, 6.07) is 7.95. The zero-order chi connectivity index (χ0) is 14.5. The fraction of sp³-hybridized carbons (Fsp3) is 0.467. The molecule has 0 saturated heterocycles. The Bertz CT molecular complexity index is 510. The number of fused-ring (bicyclic) bond motifs is 1. The topological polar surface area (TPSA) is 56.7 Å². The molecule has 1 aliphatic heterocycles. The van der Waals surface area contributed by atoms with Crippen LogP contribution in [0, 0.1) is 0 Å². The number of aliphatic imine (C=N–C) groups is 1. The lowest BCUT2D eigenvalue weighted by Gasteiger charge is -2.25. The Balaban J connectivity index is 2.17. The molecule has 1 aromatic carbocycles. The minimum atomic E-state index is 0.0683. The van der Waals surface area contributed by atoms with Gasteiger partial charge in [0.2, 0.25) is 5.91 Å². The minimum absolute atomic E-state index is 0.0683. The van der Waals surface area contributed by atoms with Crippen molar-refractivity contribution in [1.82, 2.24) is 10.2 Å². The number of nitrogens with zero attached hydrogens (tertiary/aromatic N) is 2. The average molecular weight is 274 g/mol. The van der Waals surface area contributed by atoms with E-state index < -0.39 is 0 Å². The molecule has 1 aromatic rings. The maximum Gasteiger partial charge on any atom is 0.225 e. The van der Waals surface area contributed by atoms with Crippen LogP contribution in [0.2, 0.25) is 0 Å². The highest BCUT2D eigenvalue weighted by Crippen LogP contribution is 2.31. The Morgan fingerprint density at radius 3 is 2.90 bits per heavy atom. The SMILES string of the molecule is CCNC(=NC[C@H]1CC(=O)Nc2ccccc21)N(C)C. The third kappa shape index (κ3) is 3.29. The predicted octanol–water partition coefficient (Wildman–Crippen LogP) is 1.64. The number of para-hydroxylation sites is 1. The summed E-state index contributed by atoms with van der Waals surface area (Å²) in [4.78, 5) is 18.3. The first-order chi connectivity index (χ1) is 9.61. The highest BCUT2D eigenvalue weighted by molar-refractivity contribution is 5.94. The molecule has 2 rings (SSSR count). The minimum Gasteiger partial charge on any atom is -0.357 e. The van der Waals surface area contributed by atoms with Gasteiger partial charge in [0.15, 0.2) is 5.96 Å². The molecule has 0 bridgehead atoms. The van der Waals surface area contributed by atoms with E-state index in [-0.39, 0.29) is 11.8 Å². The first kappa shape index (κ1) is 14.4. The largest absolute Gasteiger partial charge is 0.357 e. The van der Waals surface area contributed by atoms with Crippen molar-refractivity contribution < 1.29 is 4.79 Å². The van der Waals surface area contributed by atoms with E-state index >= 15 is 0 Å². The van der Waals surface area contributed by atoms with Crippen molar-refractivity contribution in [3.8, 4) is 0 Å². The molecule has 5 heteroatoms. The van der Waals surface area contributed by atoms with Gasteiger partial charge in [-0.25, -0.2) is 0 Å². The molecule has 0 unspecified atom stereocenters. The second kappa shape index (κ2) is 6.41. The Morgan fingerprint density at radius 1 is 1.45 bits per heavy atom. The molecule has 5 nitrogen and oxygen atoms in total. The van der Waals surface area contributed by atoms with Crippen LogP contribution in [0.1, 0.15) is 24.8 Å². The van der Waals surface area contributed by atoms with E-state index in [4.69, 9.17) is 0 Å². The molecule has 2 N–H and O–H groups in total. The fourth-order valence-corrected chi connectivity index (χ4v) is 2.37. The number of carbonyl (C=O) groups is 1. The Kier molecular flexibility index (Phi) is 4.61. The van der Waals surface area contributed by atoms with Crippen LogP contribution < -0.4 is 10.6 Å². The van der Waals surface area contributed by atoms with E-state index in [1.54, 1.807) is 0 Å². The molecule has 20 heavy (non-hydrogen) atoms. The second-order valence-electron chi connectivity index (χ2n) is 5.13. The van der Waals surface area contributed by atoms with Gasteiger partial charge < -0.3 is 15.5 Å². The molecule has 0 aromatic heterocycles. The van der Waals surface area contributed by atoms with Crippen LogP contribution in [-0.4, -0.2) is 44.0 Å². The summed E-state index contributed by atoms with van der Waals surface area (Å²) in [5.41, 5.74) is 2.09. The summed E-state index contributed by atoms with van der Waals surface area (Å²) in [6.45, 7) is 3.49. The number of hydrogen-bond donors (Lipinski definition) is 2.